The molecule has 7 nitrogen and oxygen atoms in total. The Bertz CT molecular complexity index is 1240. The Labute approximate surface area is 183 Å². The first-order chi connectivity index (χ1) is 15.0. The van der Waals surface area contributed by atoms with Crippen LogP contribution in [0, 0.1) is 10.1 Å². The van der Waals surface area contributed by atoms with Crippen LogP contribution in [0.25, 0.3) is 6.08 Å². The smallest absolute Gasteiger partial charge is 0.282 e. The number of aliphatic imine (C=N–C) groups is 1. The second kappa shape index (κ2) is 8.41. The van der Waals surface area contributed by atoms with Crippen LogP contribution >= 0.6 is 11.6 Å². The van der Waals surface area contributed by atoms with E-state index in [1.807, 2.05) is 6.07 Å². The summed E-state index contributed by atoms with van der Waals surface area (Å²) in [6.07, 6.45) is 1.53. The van der Waals surface area contributed by atoms with Crippen LogP contribution in [0.5, 0.6) is 5.75 Å². The molecule has 0 aromatic heterocycles. The topological polar surface area (TPSA) is 85.0 Å². The average molecular weight is 434 g/mol. The van der Waals surface area contributed by atoms with E-state index < -0.39 is 4.92 Å². The Kier molecular flexibility index (Phi) is 5.51. The summed E-state index contributed by atoms with van der Waals surface area (Å²) in [4.78, 5) is 29.9. The Hall–Kier alpha value is -3.97. The van der Waals surface area contributed by atoms with Crippen molar-refractivity contribution >= 4 is 40.8 Å². The summed E-state index contributed by atoms with van der Waals surface area (Å²) in [5.41, 5.74) is 1.87. The van der Waals surface area contributed by atoms with E-state index in [1.165, 1.54) is 23.1 Å². The van der Waals surface area contributed by atoms with Crippen molar-refractivity contribution in [2.24, 2.45) is 4.99 Å². The lowest BCUT2D eigenvalue weighted by atomic mass is 10.1. The Morgan fingerprint density at radius 3 is 2.48 bits per heavy atom. The van der Waals surface area contributed by atoms with Gasteiger partial charge in [0, 0.05) is 22.7 Å². The highest BCUT2D eigenvalue weighted by molar-refractivity contribution is 6.35. The number of amidine groups is 1. The monoisotopic (exact) mass is 433 g/mol. The lowest BCUT2D eigenvalue weighted by Crippen LogP contribution is -2.32. The van der Waals surface area contributed by atoms with E-state index in [2.05, 4.69) is 4.99 Å². The summed E-state index contributed by atoms with van der Waals surface area (Å²) in [6.45, 7) is 0. The number of nitro groups is 1. The molecule has 0 unspecified atom stereocenters. The van der Waals surface area contributed by atoms with E-state index in [4.69, 9.17) is 16.3 Å². The lowest BCUT2D eigenvalue weighted by molar-refractivity contribution is -0.384. The third kappa shape index (κ3) is 4.17. The minimum absolute atomic E-state index is 0.0640. The summed E-state index contributed by atoms with van der Waals surface area (Å²) >= 11 is 6.15. The molecule has 0 spiro atoms. The molecule has 31 heavy (non-hydrogen) atoms. The molecule has 3 aromatic rings. The number of methoxy groups -OCH3 is 1. The zero-order valence-electron chi connectivity index (χ0n) is 16.4. The average Bonchev–Trinajstić information content (AvgIpc) is 3.10. The number of carbonyl (C=O) groups excluding carboxylic acids is 1. The number of anilines is 1. The van der Waals surface area contributed by atoms with Crippen molar-refractivity contribution in [3.63, 3.8) is 0 Å². The highest BCUT2D eigenvalue weighted by Crippen LogP contribution is 2.30. The van der Waals surface area contributed by atoms with E-state index in [9.17, 15) is 14.9 Å². The van der Waals surface area contributed by atoms with E-state index in [0.717, 1.165) is 0 Å². The highest BCUT2D eigenvalue weighted by atomic mass is 35.5. The molecule has 0 aliphatic carbocycles. The maximum atomic E-state index is 13.3. The van der Waals surface area contributed by atoms with Gasteiger partial charge < -0.3 is 4.74 Å². The van der Waals surface area contributed by atoms with Crippen LogP contribution in [0.1, 0.15) is 11.1 Å². The first-order valence-electron chi connectivity index (χ1n) is 9.25. The van der Waals surface area contributed by atoms with Crippen LogP contribution in [0.3, 0.4) is 0 Å². The molecule has 0 N–H and O–H groups in total. The largest absolute Gasteiger partial charge is 0.497 e. The Balaban J connectivity index is 1.81. The maximum absolute atomic E-state index is 13.3. The van der Waals surface area contributed by atoms with Gasteiger partial charge in [-0.1, -0.05) is 35.9 Å². The molecule has 0 bridgehead atoms. The van der Waals surface area contributed by atoms with Crippen LogP contribution in [0.15, 0.2) is 83.5 Å². The van der Waals surface area contributed by atoms with E-state index >= 15 is 0 Å². The molecule has 0 fully saturated rings. The quantitative estimate of drug-likeness (QED) is 0.318. The van der Waals surface area contributed by atoms with Gasteiger partial charge in [0.1, 0.15) is 17.3 Å². The molecular formula is C23H16ClN3O4. The van der Waals surface area contributed by atoms with Crippen molar-refractivity contribution in [2.75, 3.05) is 12.0 Å². The van der Waals surface area contributed by atoms with Crippen molar-refractivity contribution in [2.45, 2.75) is 0 Å². The Morgan fingerprint density at radius 2 is 1.81 bits per heavy atom. The van der Waals surface area contributed by atoms with Crippen molar-refractivity contribution in [3.8, 4) is 5.75 Å². The molecule has 4 rings (SSSR count). The molecular weight excluding hydrogens is 418 g/mol. The number of nitrogens with zero attached hydrogens (tertiary/aromatic N) is 3. The first kappa shape index (κ1) is 20.3. The van der Waals surface area contributed by atoms with Gasteiger partial charge in [0.2, 0.25) is 0 Å². The van der Waals surface area contributed by atoms with Gasteiger partial charge in [-0.05, 0) is 48.0 Å². The van der Waals surface area contributed by atoms with Gasteiger partial charge in [-0.3, -0.25) is 19.8 Å². The third-order valence-corrected chi connectivity index (χ3v) is 4.89. The zero-order chi connectivity index (χ0) is 22.0. The van der Waals surface area contributed by atoms with Gasteiger partial charge in [-0.2, -0.15) is 0 Å². The zero-order valence-corrected chi connectivity index (χ0v) is 17.1. The fourth-order valence-electron chi connectivity index (χ4n) is 3.19. The van der Waals surface area contributed by atoms with E-state index in [0.29, 0.717) is 33.4 Å². The lowest BCUT2D eigenvalue weighted by Gasteiger charge is -2.19. The number of carbonyl (C=O) groups is 1. The van der Waals surface area contributed by atoms with Gasteiger partial charge in [0.15, 0.2) is 0 Å². The van der Waals surface area contributed by atoms with Gasteiger partial charge in [0.25, 0.3) is 11.6 Å². The fraction of sp³-hybridized carbons (Fsp3) is 0.0435. The van der Waals surface area contributed by atoms with Gasteiger partial charge in [0.05, 0.1) is 17.7 Å². The molecule has 0 saturated heterocycles. The van der Waals surface area contributed by atoms with Gasteiger partial charge in [-0.15, -0.1) is 0 Å². The van der Waals surface area contributed by atoms with Gasteiger partial charge >= 0.3 is 0 Å². The SMILES string of the molecule is COc1ccc(N2C(=O)C(=Cc3cccc([N+](=O)[O-])c3)N=C2c2cccc(Cl)c2)cc1. The summed E-state index contributed by atoms with van der Waals surface area (Å²) in [5.74, 6) is 0.713. The number of halogens is 1. The molecule has 0 radical (unpaired) electrons. The highest BCUT2D eigenvalue weighted by Gasteiger charge is 2.32. The van der Waals surface area contributed by atoms with Crippen molar-refractivity contribution in [3.05, 3.63) is 105 Å². The minimum atomic E-state index is -0.483. The normalized spacial score (nSPS) is 14.6. The number of hydrogen-bond acceptors (Lipinski definition) is 5. The number of hydrogen-bond donors (Lipinski definition) is 0. The number of non-ortho nitro benzene ring substituents is 1. The third-order valence-electron chi connectivity index (χ3n) is 4.66. The summed E-state index contributed by atoms with van der Waals surface area (Å²) < 4.78 is 5.20. The Morgan fingerprint density at radius 1 is 1.06 bits per heavy atom. The molecule has 1 amide bonds. The van der Waals surface area contributed by atoms with E-state index in [1.54, 1.807) is 61.7 Å². The second-order valence-corrected chi connectivity index (χ2v) is 7.10. The summed E-state index contributed by atoms with van der Waals surface area (Å²) in [7, 11) is 1.56. The molecule has 8 heteroatoms. The number of rotatable bonds is 5. The van der Waals surface area contributed by atoms with Gasteiger partial charge in [-0.25, -0.2) is 4.99 Å². The maximum Gasteiger partial charge on any atom is 0.282 e. The van der Waals surface area contributed by atoms with Crippen LogP contribution < -0.4 is 9.64 Å². The van der Waals surface area contributed by atoms with Crippen molar-refractivity contribution in [1.82, 2.24) is 0 Å². The van der Waals surface area contributed by atoms with Crippen LogP contribution in [0.4, 0.5) is 11.4 Å². The molecule has 0 atom stereocenters. The first-order valence-corrected chi connectivity index (χ1v) is 9.63. The van der Waals surface area contributed by atoms with Crippen LogP contribution in [-0.4, -0.2) is 23.8 Å². The van der Waals surface area contributed by atoms with Crippen molar-refractivity contribution < 1.29 is 14.5 Å². The molecule has 1 aliphatic heterocycles. The fourth-order valence-corrected chi connectivity index (χ4v) is 3.39. The minimum Gasteiger partial charge on any atom is -0.497 e. The molecule has 0 saturated carbocycles. The van der Waals surface area contributed by atoms with Crippen LogP contribution in [-0.2, 0) is 4.79 Å². The molecule has 154 valence electrons. The van der Waals surface area contributed by atoms with Crippen LogP contribution in [0.2, 0.25) is 5.02 Å². The van der Waals surface area contributed by atoms with E-state index in [-0.39, 0.29) is 17.3 Å². The predicted molar refractivity (Wildman–Crippen MR) is 120 cm³/mol. The predicted octanol–water partition coefficient (Wildman–Crippen LogP) is 5.09. The summed E-state index contributed by atoms with van der Waals surface area (Å²) in [5, 5.41) is 11.6. The second-order valence-electron chi connectivity index (χ2n) is 6.67. The molecule has 1 aliphatic rings. The summed E-state index contributed by atoms with van der Waals surface area (Å²) in [6, 6.07) is 20.1. The van der Waals surface area contributed by atoms with Crippen molar-refractivity contribution in [1.29, 1.82) is 0 Å². The molecule has 3 aromatic carbocycles. The number of nitro benzene ring substituents is 1. The molecule has 1 heterocycles. The number of ether oxygens (including phenoxy) is 1. The number of amides is 1. The standard InChI is InChI=1S/C23H16ClN3O4/c1-31-20-10-8-18(9-11-20)26-22(16-5-3-6-17(24)14-16)25-21(23(26)28)13-15-4-2-7-19(12-15)27(29)30/h2-14H,1H3. The number of benzene rings is 3.